The molecule has 2 amide bonds. The minimum atomic E-state index is -1.03. The number of carbonyl (C=O) groups excluding carboxylic acids is 2. The molecular formula is C26H40N2O5S. The molecule has 0 radical (unpaired) electrons. The van der Waals surface area contributed by atoms with E-state index in [2.05, 4.69) is 6.92 Å². The number of carbonyl (C=O) groups is 3. The fourth-order valence-electron chi connectivity index (χ4n) is 4.78. The van der Waals surface area contributed by atoms with Gasteiger partial charge in [0, 0.05) is 30.4 Å². The summed E-state index contributed by atoms with van der Waals surface area (Å²) in [6.07, 6.45) is 4.20. The Morgan fingerprint density at radius 2 is 1.79 bits per heavy atom. The van der Waals surface area contributed by atoms with Crippen molar-refractivity contribution in [3.8, 4) is 0 Å². The van der Waals surface area contributed by atoms with E-state index < -0.39 is 5.97 Å². The van der Waals surface area contributed by atoms with Crippen LogP contribution in [-0.2, 0) is 19.7 Å². The van der Waals surface area contributed by atoms with Crippen LogP contribution in [0.15, 0.2) is 6.07 Å². The lowest BCUT2D eigenvalue weighted by atomic mass is 9.82. The van der Waals surface area contributed by atoms with Crippen molar-refractivity contribution in [2.45, 2.75) is 72.1 Å². The normalized spacial score (nSPS) is 22.3. The zero-order chi connectivity index (χ0) is 25.0. The second-order valence-electron chi connectivity index (χ2n) is 10.8. The van der Waals surface area contributed by atoms with Crippen molar-refractivity contribution in [3.63, 3.8) is 0 Å². The van der Waals surface area contributed by atoms with E-state index in [-0.39, 0.29) is 40.5 Å². The van der Waals surface area contributed by atoms with Gasteiger partial charge < -0.3 is 19.6 Å². The zero-order valence-electron chi connectivity index (χ0n) is 21.3. The van der Waals surface area contributed by atoms with Crippen LogP contribution in [0.5, 0.6) is 0 Å². The summed E-state index contributed by atoms with van der Waals surface area (Å²) in [6, 6.07) is 1.86. The molecule has 0 aromatic carbocycles. The molecule has 2 aliphatic rings. The number of hydrogen-bond donors (Lipinski definition) is 1. The van der Waals surface area contributed by atoms with Gasteiger partial charge in [0.25, 0.3) is 0 Å². The summed E-state index contributed by atoms with van der Waals surface area (Å²) in [6.45, 7) is 12.6. The molecule has 1 aromatic rings. The number of carboxylic acids is 1. The molecule has 0 spiro atoms. The Balaban J connectivity index is 1.97. The Hall–Kier alpha value is -1.93. The van der Waals surface area contributed by atoms with E-state index in [9.17, 15) is 19.5 Å². The molecule has 2 fully saturated rings. The Bertz CT molecular complexity index is 876. The highest BCUT2D eigenvalue weighted by Gasteiger charge is 2.36. The van der Waals surface area contributed by atoms with Crippen molar-refractivity contribution < 1.29 is 24.2 Å². The van der Waals surface area contributed by atoms with Gasteiger partial charge in [-0.25, -0.2) is 4.79 Å². The van der Waals surface area contributed by atoms with Gasteiger partial charge in [0.05, 0.1) is 24.8 Å². The first-order chi connectivity index (χ1) is 16.0. The van der Waals surface area contributed by atoms with Gasteiger partial charge in [0.2, 0.25) is 11.8 Å². The monoisotopic (exact) mass is 492 g/mol. The fraction of sp³-hybridized carbons (Fsp3) is 0.731. The van der Waals surface area contributed by atoms with Gasteiger partial charge in [-0.15, -0.1) is 11.3 Å². The van der Waals surface area contributed by atoms with Gasteiger partial charge in [0.15, 0.2) is 0 Å². The van der Waals surface area contributed by atoms with Gasteiger partial charge in [-0.3, -0.25) is 9.59 Å². The van der Waals surface area contributed by atoms with Gasteiger partial charge in [-0.2, -0.15) is 0 Å². The van der Waals surface area contributed by atoms with E-state index in [1.54, 1.807) is 4.90 Å². The van der Waals surface area contributed by atoms with Crippen molar-refractivity contribution in [3.05, 3.63) is 15.8 Å². The van der Waals surface area contributed by atoms with E-state index in [1.165, 1.54) is 11.3 Å². The van der Waals surface area contributed by atoms with Crippen LogP contribution in [0.1, 0.15) is 81.3 Å². The highest BCUT2D eigenvalue weighted by Crippen LogP contribution is 2.39. The molecule has 1 saturated carbocycles. The van der Waals surface area contributed by atoms with Crippen LogP contribution >= 0.6 is 11.3 Å². The molecule has 1 atom stereocenters. The minimum Gasteiger partial charge on any atom is -0.477 e. The predicted molar refractivity (Wildman–Crippen MR) is 135 cm³/mol. The molecule has 0 unspecified atom stereocenters. The van der Waals surface area contributed by atoms with E-state index in [0.717, 1.165) is 30.6 Å². The molecular weight excluding hydrogens is 452 g/mol. The molecule has 34 heavy (non-hydrogen) atoms. The average Bonchev–Trinajstić information content (AvgIpc) is 3.26. The molecule has 2 heterocycles. The molecule has 1 N–H and O–H groups in total. The number of ether oxygens (including phenoxy) is 1. The van der Waals surface area contributed by atoms with Crippen LogP contribution in [0, 0.1) is 17.8 Å². The highest BCUT2D eigenvalue weighted by atomic mass is 32.1. The zero-order valence-corrected chi connectivity index (χ0v) is 22.1. The van der Waals surface area contributed by atoms with E-state index in [0.29, 0.717) is 44.3 Å². The molecule has 3 rings (SSSR count). The third-order valence-electron chi connectivity index (χ3n) is 7.14. The van der Waals surface area contributed by atoms with Crippen LogP contribution in [0.3, 0.4) is 0 Å². The first-order valence-corrected chi connectivity index (χ1v) is 13.4. The maximum atomic E-state index is 13.9. The summed E-state index contributed by atoms with van der Waals surface area (Å²) in [5.74, 6) is -0.967. The van der Waals surface area contributed by atoms with Crippen molar-refractivity contribution in [2.75, 3.05) is 37.7 Å². The summed E-state index contributed by atoms with van der Waals surface area (Å²) in [4.78, 5) is 44.0. The molecule has 1 aliphatic heterocycles. The standard InChI is InChI=1S/C26H40N2O5S/c1-6-18(23(29)27-11-13-33-14-12-27)16-28(24(30)19-9-7-17(2)8-10-19)20-15-21(26(3,4)5)34-22(20)25(31)32/h15,17-19H,6-14,16H2,1-5H3,(H,31,32)/t17?,18-,19?/m0/s1. The lowest BCUT2D eigenvalue weighted by Crippen LogP contribution is -2.48. The lowest BCUT2D eigenvalue weighted by molar-refractivity contribution is -0.139. The van der Waals surface area contributed by atoms with Gasteiger partial charge in [-0.05, 0) is 49.5 Å². The number of thiophene rings is 1. The van der Waals surface area contributed by atoms with Crippen LogP contribution in [0.2, 0.25) is 0 Å². The van der Waals surface area contributed by atoms with Crippen LogP contribution in [-0.4, -0.2) is 60.6 Å². The minimum absolute atomic E-state index is 0.0176. The first-order valence-electron chi connectivity index (χ1n) is 12.6. The lowest BCUT2D eigenvalue weighted by Gasteiger charge is -2.35. The largest absolute Gasteiger partial charge is 0.477 e. The van der Waals surface area contributed by atoms with E-state index in [1.807, 2.05) is 38.7 Å². The fourth-order valence-corrected chi connectivity index (χ4v) is 5.84. The van der Waals surface area contributed by atoms with Crippen molar-refractivity contribution in [1.82, 2.24) is 4.90 Å². The number of nitrogens with zero attached hydrogens (tertiary/aromatic N) is 2. The topological polar surface area (TPSA) is 87.2 Å². The number of morpholine rings is 1. The summed E-state index contributed by atoms with van der Waals surface area (Å²) in [5, 5.41) is 10.0. The maximum Gasteiger partial charge on any atom is 0.348 e. The molecule has 7 nitrogen and oxygen atoms in total. The third kappa shape index (κ3) is 6.19. The summed E-state index contributed by atoms with van der Waals surface area (Å²) < 4.78 is 5.39. The summed E-state index contributed by atoms with van der Waals surface area (Å²) in [7, 11) is 0. The molecule has 1 aromatic heterocycles. The highest BCUT2D eigenvalue weighted by molar-refractivity contribution is 7.14. The number of hydrogen-bond acceptors (Lipinski definition) is 5. The van der Waals surface area contributed by atoms with Crippen molar-refractivity contribution in [2.24, 2.45) is 17.8 Å². The Labute approximate surface area is 207 Å². The Kier molecular flexibility index (Phi) is 8.79. The predicted octanol–water partition coefficient (Wildman–Crippen LogP) is 4.79. The van der Waals surface area contributed by atoms with Crippen LogP contribution in [0.25, 0.3) is 0 Å². The summed E-state index contributed by atoms with van der Waals surface area (Å²) in [5.41, 5.74) is 0.204. The number of rotatable bonds is 7. The van der Waals surface area contributed by atoms with E-state index in [4.69, 9.17) is 4.74 Å². The molecule has 8 heteroatoms. The molecule has 0 bridgehead atoms. The third-order valence-corrected chi connectivity index (χ3v) is 8.67. The molecule has 1 aliphatic carbocycles. The smallest absolute Gasteiger partial charge is 0.348 e. The van der Waals surface area contributed by atoms with Crippen molar-refractivity contribution in [1.29, 1.82) is 0 Å². The van der Waals surface area contributed by atoms with E-state index >= 15 is 0 Å². The maximum absolute atomic E-state index is 13.9. The second-order valence-corrected chi connectivity index (χ2v) is 11.9. The first kappa shape index (κ1) is 26.7. The number of amides is 2. The summed E-state index contributed by atoms with van der Waals surface area (Å²) >= 11 is 1.23. The number of carboxylic acid groups (broad SMARTS) is 1. The SMILES string of the molecule is CC[C@@H](CN(C(=O)C1CCC(C)CC1)c1cc(C(C)(C)C)sc1C(=O)O)C(=O)N1CCOCC1. The molecule has 190 valence electrons. The Morgan fingerprint density at radius 1 is 1.18 bits per heavy atom. The van der Waals surface area contributed by atoms with Crippen molar-refractivity contribution >= 4 is 34.8 Å². The number of aromatic carboxylic acids is 1. The van der Waals surface area contributed by atoms with Gasteiger partial charge in [-0.1, -0.05) is 34.6 Å². The van der Waals surface area contributed by atoms with Crippen LogP contribution < -0.4 is 4.90 Å². The molecule has 1 saturated heterocycles. The van der Waals surface area contributed by atoms with Gasteiger partial charge in [0.1, 0.15) is 4.88 Å². The average molecular weight is 493 g/mol. The van der Waals surface area contributed by atoms with Gasteiger partial charge >= 0.3 is 5.97 Å². The van der Waals surface area contributed by atoms with Crippen LogP contribution in [0.4, 0.5) is 5.69 Å². The quantitative estimate of drug-likeness (QED) is 0.591. The number of anilines is 1. The second kappa shape index (κ2) is 11.2. The Morgan fingerprint density at radius 3 is 2.32 bits per heavy atom.